The molecular weight excluding hydrogens is 345 g/mol. The number of barbiturate groups is 1. The first-order valence-electron chi connectivity index (χ1n) is 5.23. The Morgan fingerprint density at radius 3 is 2.40 bits per heavy atom. The third kappa shape index (κ3) is 2.67. The van der Waals surface area contributed by atoms with E-state index < -0.39 is 36.0 Å². The Morgan fingerprint density at radius 2 is 1.85 bits per heavy atom. The number of hydrogen-bond acceptors (Lipinski definition) is 3. The fourth-order valence-electron chi connectivity index (χ4n) is 1.65. The van der Waals surface area contributed by atoms with Gasteiger partial charge in [0.2, 0.25) is 11.8 Å². The molecule has 1 aromatic rings. The van der Waals surface area contributed by atoms with Crippen molar-refractivity contribution < 1.29 is 27.6 Å². The van der Waals surface area contributed by atoms with Crippen molar-refractivity contribution in [2.75, 3.05) is 4.90 Å². The van der Waals surface area contributed by atoms with Gasteiger partial charge >= 0.3 is 12.2 Å². The minimum atomic E-state index is -4.61. The second-order valence-corrected chi connectivity index (χ2v) is 4.78. The second kappa shape index (κ2) is 4.89. The molecule has 0 aliphatic carbocycles. The van der Waals surface area contributed by atoms with Crippen LogP contribution in [-0.2, 0) is 15.8 Å². The third-order valence-corrected chi connectivity index (χ3v) is 3.20. The summed E-state index contributed by atoms with van der Waals surface area (Å²) < 4.78 is 38.1. The van der Waals surface area contributed by atoms with Crippen molar-refractivity contribution in [3.63, 3.8) is 0 Å². The van der Waals surface area contributed by atoms with Gasteiger partial charge in [-0.25, -0.2) is 9.69 Å². The highest BCUT2D eigenvalue weighted by Crippen LogP contribution is 2.36. The molecule has 2 rings (SSSR count). The van der Waals surface area contributed by atoms with Gasteiger partial charge < -0.3 is 0 Å². The zero-order valence-corrected chi connectivity index (χ0v) is 11.2. The molecule has 1 aliphatic rings. The van der Waals surface area contributed by atoms with Gasteiger partial charge in [-0.05, 0) is 34.1 Å². The molecule has 1 saturated heterocycles. The van der Waals surface area contributed by atoms with Crippen LogP contribution in [0, 0.1) is 0 Å². The average molecular weight is 351 g/mol. The van der Waals surface area contributed by atoms with Gasteiger partial charge in [0, 0.05) is 4.47 Å². The molecule has 1 aliphatic heterocycles. The van der Waals surface area contributed by atoms with Crippen LogP contribution < -0.4 is 10.2 Å². The van der Waals surface area contributed by atoms with E-state index in [1.807, 2.05) is 5.32 Å². The van der Waals surface area contributed by atoms with E-state index in [-0.39, 0.29) is 10.2 Å². The van der Waals surface area contributed by atoms with Crippen LogP contribution in [-0.4, -0.2) is 17.8 Å². The Bertz CT molecular complexity index is 595. The minimum absolute atomic E-state index is 0.128. The maximum Gasteiger partial charge on any atom is 0.416 e. The van der Waals surface area contributed by atoms with E-state index in [1.165, 1.54) is 0 Å². The standard InChI is InChI=1S/C11H6BrF3N2O3/c12-6-2-1-5(11(13,14)15)3-7(6)17-9(19)4-8(18)16-10(17)20/h1-3H,4H2,(H,16,18,20). The molecule has 0 radical (unpaired) electrons. The van der Waals surface area contributed by atoms with Crippen molar-refractivity contribution in [3.05, 3.63) is 28.2 Å². The molecule has 0 unspecified atom stereocenters. The van der Waals surface area contributed by atoms with E-state index in [1.54, 1.807) is 0 Å². The summed E-state index contributed by atoms with van der Waals surface area (Å²) in [5, 5.41) is 1.87. The number of rotatable bonds is 1. The number of hydrogen-bond donors (Lipinski definition) is 1. The first-order chi connectivity index (χ1) is 9.20. The van der Waals surface area contributed by atoms with Gasteiger partial charge in [0.05, 0.1) is 11.3 Å². The normalized spacial score (nSPS) is 16.4. The largest absolute Gasteiger partial charge is 0.416 e. The summed E-state index contributed by atoms with van der Waals surface area (Å²) in [6.07, 6.45) is -5.21. The zero-order chi connectivity index (χ0) is 15.1. The lowest BCUT2D eigenvalue weighted by Gasteiger charge is -2.26. The molecule has 0 spiro atoms. The molecule has 106 valence electrons. The summed E-state index contributed by atoms with van der Waals surface area (Å²) in [5.74, 6) is -1.68. The van der Waals surface area contributed by atoms with Gasteiger partial charge in [-0.2, -0.15) is 13.2 Å². The predicted molar refractivity (Wildman–Crippen MR) is 64.8 cm³/mol. The maximum absolute atomic E-state index is 12.6. The minimum Gasteiger partial charge on any atom is -0.277 e. The summed E-state index contributed by atoms with van der Waals surface area (Å²) in [6, 6.07) is 1.48. The van der Waals surface area contributed by atoms with E-state index in [2.05, 4.69) is 15.9 Å². The highest BCUT2D eigenvalue weighted by Gasteiger charge is 2.36. The Labute approximate surface area is 118 Å². The van der Waals surface area contributed by atoms with Crippen LogP contribution in [0.5, 0.6) is 0 Å². The highest BCUT2D eigenvalue weighted by atomic mass is 79.9. The van der Waals surface area contributed by atoms with Gasteiger partial charge in [0.1, 0.15) is 6.42 Å². The molecule has 5 nitrogen and oxygen atoms in total. The van der Waals surface area contributed by atoms with Crippen LogP contribution in [0.2, 0.25) is 0 Å². The molecule has 20 heavy (non-hydrogen) atoms. The second-order valence-electron chi connectivity index (χ2n) is 3.92. The molecule has 0 aromatic heterocycles. The predicted octanol–water partition coefficient (Wildman–Crippen LogP) is 2.44. The lowest BCUT2D eigenvalue weighted by molar-refractivity contribution is -0.137. The molecular formula is C11H6BrF3N2O3. The van der Waals surface area contributed by atoms with E-state index in [0.717, 1.165) is 12.1 Å². The summed E-state index contributed by atoms with van der Waals surface area (Å²) in [4.78, 5) is 34.8. The summed E-state index contributed by atoms with van der Waals surface area (Å²) in [6.45, 7) is 0. The quantitative estimate of drug-likeness (QED) is 0.791. The SMILES string of the molecule is O=C1CC(=O)N(c2cc(C(F)(F)F)ccc2Br)C(=O)N1. The van der Waals surface area contributed by atoms with Crippen molar-refractivity contribution in [2.24, 2.45) is 0 Å². The van der Waals surface area contributed by atoms with Gasteiger partial charge in [-0.3, -0.25) is 14.9 Å². The van der Waals surface area contributed by atoms with E-state index in [4.69, 9.17) is 0 Å². The number of nitrogens with zero attached hydrogens (tertiary/aromatic N) is 1. The third-order valence-electron chi connectivity index (χ3n) is 2.52. The van der Waals surface area contributed by atoms with E-state index in [9.17, 15) is 27.6 Å². The molecule has 4 amide bonds. The van der Waals surface area contributed by atoms with Crippen LogP contribution in [0.3, 0.4) is 0 Å². The van der Waals surface area contributed by atoms with Crippen molar-refractivity contribution >= 4 is 39.5 Å². The molecule has 0 saturated carbocycles. The maximum atomic E-state index is 12.6. The number of urea groups is 1. The molecule has 1 heterocycles. The van der Waals surface area contributed by atoms with Crippen molar-refractivity contribution in [1.29, 1.82) is 0 Å². The molecule has 9 heteroatoms. The Hall–Kier alpha value is -1.90. The fraction of sp³-hybridized carbons (Fsp3) is 0.182. The van der Waals surface area contributed by atoms with Gasteiger partial charge in [-0.15, -0.1) is 0 Å². The first kappa shape index (κ1) is 14.5. The number of amides is 4. The van der Waals surface area contributed by atoms with Crippen molar-refractivity contribution in [2.45, 2.75) is 12.6 Å². The number of carbonyl (C=O) groups is 3. The molecule has 1 N–H and O–H groups in total. The van der Waals surface area contributed by atoms with Crippen molar-refractivity contribution in [3.8, 4) is 0 Å². The van der Waals surface area contributed by atoms with Gasteiger partial charge in [-0.1, -0.05) is 0 Å². The number of alkyl halides is 3. The first-order valence-corrected chi connectivity index (χ1v) is 6.03. The number of carbonyl (C=O) groups excluding carboxylic acids is 3. The van der Waals surface area contributed by atoms with E-state index in [0.29, 0.717) is 11.0 Å². The zero-order valence-electron chi connectivity index (χ0n) is 9.62. The number of imide groups is 2. The Balaban J connectivity index is 2.49. The summed E-state index contributed by atoms with van der Waals surface area (Å²) in [7, 11) is 0. The molecule has 1 aromatic carbocycles. The van der Waals surface area contributed by atoms with Crippen LogP contribution in [0.15, 0.2) is 22.7 Å². The van der Waals surface area contributed by atoms with Gasteiger partial charge in [0.15, 0.2) is 0 Å². The van der Waals surface area contributed by atoms with Crippen molar-refractivity contribution in [1.82, 2.24) is 5.32 Å². The van der Waals surface area contributed by atoms with E-state index >= 15 is 0 Å². The topological polar surface area (TPSA) is 66.5 Å². The summed E-state index contributed by atoms with van der Waals surface area (Å²) in [5.41, 5.74) is -1.27. The summed E-state index contributed by atoms with van der Waals surface area (Å²) >= 11 is 2.98. The lowest BCUT2D eigenvalue weighted by Crippen LogP contribution is -2.53. The Kier molecular flexibility index (Phi) is 3.55. The monoisotopic (exact) mass is 350 g/mol. The van der Waals surface area contributed by atoms with Crippen LogP contribution in [0.4, 0.5) is 23.7 Å². The lowest BCUT2D eigenvalue weighted by atomic mass is 10.1. The van der Waals surface area contributed by atoms with Gasteiger partial charge in [0.25, 0.3) is 0 Å². The number of anilines is 1. The molecule has 0 bridgehead atoms. The Morgan fingerprint density at radius 1 is 1.20 bits per heavy atom. The van der Waals surface area contributed by atoms with Crippen LogP contribution in [0.25, 0.3) is 0 Å². The van der Waals surface area contributed by atoms with Crippen LogP contribution >= 0.6 is 15.9 Å². The molecule has 0 atom stereocenters. The highest BCUT2D eigenvalue weighted by molar-refractivity contribution is 9.10. The number of halogens is 4. The number of nitrogens with one attached hydrogen (secondary N) is 1. The van der Waals surface area contributed by atoms with Crippen LogP contribution in [0.1, 0.15) is 12.0 Å². The molecule has 1 fully saturated rings. The fourth-order valence-corrected chi connectivity index (χ4v) is 2.08. The number of benzene rings is 1. The smallest absolute Gasteiger partial charge is 0.277 e. The average Bonchev–Trinajstić information content (AvgIpc) is 2.28.